The second-order valence-electron chi connectivity index (χ2n) is 10.3. The minimum Gasteiger partial charge on any atom is -0.393 e. The Morgan fingerprint density at radius 2 is 1.96 bits per heavy atom. The molecule has 0 aromatic heterocycles. The number of Topliss-reactive ketones (excluding diaryl/α,β-unsaturated/α-hetero) is 1. The van der Waals surface area contributed by atoms with Gasteiger partial charge >= 0.3 is 0 Å². The van der Waals surface area contributed by atoms with Gasteiger partial charge in [0, 0.05) is 11.3 Å². The predicted molar refractivity (Wildman–Crippen MR) is 104 cm³/mol. The maximum Gasteiger partial charge on any atom is 0.190 e. The van der Waals surface area contributed by atoms with Crippen LogP contribution in [0.15, 0.2) is 11.6 Å². The number of rotatable bonds is 3. The molecular formula is C23H34O5. The molecule has 1 unspecified atom stereocenters. The summed E-state index contributed by atoms with van der Waals surface area (Å²) in [6.45, 7) is 5.55. The summed E-state index contributed by atoms with van der Waals surface area (Å²) in [6.07, 6.45) is 6.05. The average molecular weight is 391 g/mol. The minimum atomic E-state index is -1.55. The Bertz CT molecular complexity index is 729. The number of carbonyl (C=O) groups excluding carboxylic acids is 2. The van der Waals surface area contributed by atoms with Crippen molar-refractivity contribution in [2.75, 3.05) is 6.61 Å². The van der Waals surface area contributed by atoms with E-state index in [2.05, 4.69) is 13.8 Å². The summed E-state index contributed by atoms with van der Waals surface area (Å²) in [4.78, 5) is 24.9. The van der Waals surface area contributed by atoms with E-state index < -0.39 is 29.5 Å². The molecule has 3 fully saturated rings. The largest absolute Gasteiger partial charge is 0.393 e. The van der Waals surface area contributed by atoms with Crippen molar-refractivity contribution in [3.63, 3.8) is 0 Å². The van der Waals surface area contributed by atoms with Crippen LogP contribution in [-0.2, 0) is 9.59 Å². The Morgan fingerprint density at radius 1 is 1.25 bits per heavy atom. The molecule has 156 valence electrons. The molecular weight excluding hydrogens is 356 g/mol. The summed E-state index contributed by atoms with van der Waals surface area (Å²) in [6, 6.07) is 0. The first-order chi connectivity index (χ1) is 13.1. The molecule has 0 radical (unpaired) electrons. The highest BCUT2D eigenvalue weighted by Crippen LogP contribution is 2.67. The third kappa shape index (κ3) is 2.42. The molecule has 3 N–H and O–H groups in total. The van der Waals surface area contributed by atoms with Gasteiger partial charge in [0.1, 0.15) is 12.2 Å². The number of aliphatic hydroxyl groups excluding tert-OH is 2. The van der Waals surface area contributed by atoms with Gasteiger partial charge in [0.05, 0.1) is 6.10 Å². The summed E-state index contributed by atoms with van der Waals surface area (Å²) in [5.41, 5.74) is -1.27. The van der Waals surface area contributed by atoms with Crippen LogP contribution in [0, 0.1) is 34.5 Å². The van der Waals surface area contributed by atoms with E-state index in [0.717, 1.165) is 32.1 Å². The van der Waals surface area contributed by atoms with Crippen molar-refractivity contribution in [3.8, 4) is 0 Å². The van der Waals surface area contributed by atoms with Gasteiger partial charge in [-0.3, -0.25) is 9.59 Å². The lowest BCUT2D eigenvalue weighted by Crippen LogP contribution is -2.62. The Kier molecular flexibility index (Phi) is 4.68. The zero-order valence-corrected chi connectivity index (χ0v) is 17.3. The fourth-order valence-electron chi connectivity index (χ4n) is 7.82. The number of fused-ring (bicyclic) bond motifs is 5. The quantitative estimate of drug-likeness (QED) is 0.688. The lowest BCUT2D eigenvalue weighted by atomic mass is 9.44. The highest BCUT2D eigenvalue weighted by Gasteiger charge is 2.68. The van der Waals surface area contributed by atoms with Crippen molar-refractivity contribution < 1.29 is 24.9 Å². The van der Waals surface area contributed by atoms with E-state index >= 15 is 0 Å². The molecule has 28 heavy (non-hydrogen) atoms. The van der Waals surface area contributed by atoms with Gasteiger partial charge in [-0.25, -0.2) is 0 Å². The normalized spacial score (nSPS) is 50.4. The van der Waals surface area contributed by atoms with Crippen LogP contribution < -0.4 is 0 Å². The van der Waals surface area contributed by atoms with Gasteiger partial charge in [0.25, 0.3) is 0 Å². The zero-order chi connectivity index (χ0) is 20.5. The van der Waals surface area contributed by atoms with Gasteiger partial charge in [-0.05, 0) is 74.2 Å². The standard InChI is InChI=1S/C23H34O5/c1-4-13-10-21(2)14(9-17(13)25)5-6-15-16-7-8-23(28,19(27)12-24)22(16,3)11-18(26)20(15)21/h9,13,15-16,18,20,24,26,28H,4-8,10-12H2,1-3H3/t13?,15-,16-,18-,20+,21-,22-,23-/m0/s1. The number of carbonyl (C=O) groups is 2. The van der Waals surface area contributed by atoms with Crippen molar-refractivity contribution in [2.24, 2.45) is 34.5 Å². The van der Waals surface area contributed by atoms with Gasteiger partial charge in [0.2, 0.25) is 0 Å². The number of hydrogen-bond donors (Lipinski definition) is 3. The van der Waals surface area contributed by atoms with E-state index in [-0.39, 0.29) is 34.9 Å². The first-order valence-electron chi connectivity index (χ1n) is 10.9. The molecule has 4 aliphatic carbocycles. The Hall–Kier alpha value is -1.04. The molecule has 0 aromatic rings. The molecule has 8 atom stereocenters. The van der Waals surface area contributed by atoms with E-state index in [9.17, 15) is 24.9 Å². The second-order valence-corrected chi connectivity index (χ2v) is 10.3. The van der Waals surface area contributed by atoms with Gasteiger partial charge in [-0.15, -0.1) is 0 Å². The van der Waals surface area contributed by atoms with Crippen molar-refractivity contribution in [1.29, 1.82) is 0 Å². The van der Waals surface area contributed by atoms with Gasteiger partial charge in [-0.2, -0.15) is 0 Å². The van der Waals surface area contributed by atoms with Crippen LogP contribution in [0.25, 0.3) is 0 Å². The monoisotopic (exact) mass is 390 g/mol. The van der Waals surface area contributed by atoms with Crippen molar-refractivity contribution in [2.45, 2.75) is 77.4 Å². The second kappa shape index (κ2) is 6.48. The van der Waals surface area contributed by atoms with Crippen LogP contribution in [0.3, 0.4) is 0 Å². The molecule has 5 heteroatoms. The molecule has 4 rings (SSSR count). The topological polar surface area (TPSA) is 94.8 Å². The smallest absolute Gasteiger partial charge is 0.190 e. The van der Waals surface area contributed by atoms with Crippen LogP contribution in [0.2, 0.25) is 0 Å². The maximum absolute atomic E-state index is 12.5. The highest BCUT2D eigenvalue weighted by atomic mass is 16.3. The van der Waals surface area contributed by atoms with Crippen LogP contribution in [-0.4, -0.2) is 45.2 Å². The van der Waals surface area contributed by atoms with Gasteiger partial charge in [0.15, 0.2) is 11.6 Å². The Balaban J connectivity index is 1.73. The van der Waals surface area contributed by atoms with Crippen molar-refractivity contribution >= 4 is 11.6 Å². The Labute approximate surface area is 167 Å². The number of aliphatic hydroxyl groups is 3. The number of allylic oxidation sites excluding steroid dienone is 1. The van der Waals surface area contributed by atoms with E-state index in [1.54, 1.807) is 0 Å². The lowest BCUT2D eigenvalue weighted by Gasteiger charge is -2.61. The van der Waals surface area contributed by atoms with Gasteiger partial charge in [-0.1, -0.05) is 26.3 Å². The van der Waals surface area contributed by atoms with E-state index in [1.807, 2.05) is 13.0 Å². The van der Waals surface area contributed by atoms with Crippen LogP contribution in [0.4, 0.5) is 0 Å². The molecule has 0 saturated heterocycles. The molecule has 5 nitrogen and oxygen atoms in total. The third-order valence-electron chi connectivity index (χ3n) is 9.31. The third-order valence-corrected chi connectivity index (χ3v) is 9.31. The van der Waals surface area contributed by atoms with Crippen LogP contribution in [0.5, 0.6) is 0 Å². The zero-order valence-electron chi connectivity index (χ0n) is 17.3. The number of ketones is 2. The van der Waals surface area contributed by atoms with Crippen molar-refractivity contribution in [3.05, 3.63) is 11.6 Å². The van der Waals surface area contributed by atoms with Crippen molar-refractivity contribution in [1.82, 2.24) is 0 Å². The lowest BCUT2D eigenvalue weighted by molar-refractivity contribution is -0.183. The molecule has 0 heterocycles. The fourth-order valence-corrected chi connectivity index (χ4v) is 7.82. The average Bonchev–Trinajstić information content (AvgIpc) is 2.92. The van der Waals surface area contributed by atoms with E-state index in [4.69, 9.17) is 0 Å². The van der Waals surface area contributed by atoms with Gasteiger partial charge < -0.3 is 15.3 Å². The summed E-state index contributed by atoms with van der Waals surface area (Å²) in [5.74, 6) is 0.163. The van der Waals surface area contributed by atoms with E-state index in [0.29, 0.717) is 12.8 Å². The summed E-state index contributed by atoms with van der Waals surface area (Å²) >= 11 is 0. The van der Waals surface area contributed by atoms with Crippen LogP contribution >= 0.6 is 0 Å². The SMILES string of the molecule is CCC1C[C@@]2(C)C(=CC1=O)CC[C@@H]1[C@@H]2[C@@H](O)C[C@@]2(C)[C@H]1CC[C@]2(O)C(=O)CO. The summed E-state index contributed by atoms with van der Waals surface area (Å²) in [7, 11) is 0. The van der Waals surface area contributed by atoms with Crippen LogP contribution in [0.1, 0.15) is 65.7 Å². The molecule has 0 spiro atoms. The first kappa shape index (κ1) is 20.2. The maximum atomic E-state index is 12.5. The summed E-state index contributed by atoms with van der Waals surface area (Å²) < 4.78 is 0. The highest BCUT2D eigenvalue weighted by molar-refractivity contribution is 5.93. The predicted octanol–water partition coefficient (Wildman–Crippen LogP) is 2.42. The summed E-state index contributed by atoms with van der Waals surface area (Å²) in [5, 5.41) is 32.0. The fraction of sp³-hybridized carbons (Fsp3) is 0.826. The first-order valence-corrected chi connectivity index (χ1v) is 10.9. The molecule has 3 saturated carbocycles. The Morgan fingerprint density at radius 3 is 2.61 bits per heavy atom. The number of hydrogen-bond acceptors (Lipinski definition) is 5. The molecule has 0 aromatic carbocycles. The molecule has 0 bridgehead atoms. The molecule has 0 amide bonds. The van der Waals surface area contributed by atoms with E-state index in [1.165, 1.54) is 5.57 Å². The minimum absolute atomic E-state index is 0.0180. The molecule has 0 aliphatic heterocycles. The molecule has 4 aliphatic rings.